The van der Waals surface area contributed by atoms with Crippen LogP contribution in [-0.4, -0.2) is 16.3 Å². The van der Waals surface area contributed by atoms with Gasteiger partial charge >= 0.3 is 0 Å². The van der Waals surface area contributed by atoms with Crippen molar-refractivity contribution >= 4 is 15.9 Å². The van der Waals surface area contributed by atoms with E-state index < -0.39 is 0 Å². The van der Waals surface area contributed by atoms with Crippen molar-refractivity contribution < 1.29 is 4.39 Å². The fraction of sp³-hybridized carbons (Fsp3) is 0.438. The van der Waals surface area contributed by atoms with Crippen LogP contribution >= 0.6 is 15.9 Å². The van der Waals surface area contributed by atoms with E-state index in [1.54, 1.807) is 6.07 Å². The van der Waals surface area contributed by atoms with Gasteiger partial charge in [0.2, 0.25) is 0 Å². The molecule has 21 heavy (non-hydrogen) atoms. The maximum absolute atomic E-state index is 13.5. The summed E-state index contributed by atoms with van der Waals surface area (Å²) in [7, 11) is 0. The van der Waals surface area contributed by atoms with E-state index in [2.05, 4.69) is 46.3 Å². The van der Waals surface area contributed by atoms with Gasteiger partial charge in [0, 0.05) is 11.0 Å². The van der Waals surface area contributed by atoms with Gasteiger partial charge in [-0.25, -0.2) is 4.39 Å². The van der Waals surface area contributed by atoms with E-state index in [4.69, 9.17) is 0 Å². The summed E-state index contributed by atoms with van der Waals surface area (Å²) in [6.45, 7) is 7.84. The Morgan fingerprint density at radius 3 is 2.67 bits per heavy atom. The lowest BCUT2D eigenvalue weighted by Crippen LogP contribution is -2.25. The molecule has 0 saturated heterocycles. The number of nitrogens with zero attached hydrogens (tertiary/aromatic N) is 2. The molecule has 1 aromatic heterocycles. The van der Waals surface area contributed by atoms with Crippen molar-refractivity contribution in [2.45, 2.75) is 39.8 Å². The first-order chi connectivity index (χ1) is 10.0. The van der Waals surface area contributed by atoms with Gasteiger partial charge in [0.1, 0.15) is 5.82 Å². The van der Waals surface area contributed by atoms with Gasteiger partial charge in [-0.2, -0.15) is 5.10 Å². The predicted octanol–water partition coefficient (Wildman–Crippen LogP) is 4.01. The van der Waals surface area contributed by atoms with Crippen LogP contribution in [0.5, 0.6) is 0 Å². The minimum Gasteiger partial charge on any atom is -0.309 e. The molecule has 1 unspecified atom stereocenters. The summed E-state index contributed by atoms with van der Waals surface area (Å²) in [5, 5.41) is 7.98. The van der Waals surface area contributed by atoms with E-state index in [0.29, 0.717) is 0 Å². The quantitative estimate of drug-likeness (QED) is 0.850. The second-order valence-electron chi connectivity index (χ2n) is 5.12. The minimum absolute atomic E-state index is 0.129. The monoisotopic (exact) mass is 353 g/mol. The molecule has 1 atom stereocenters. The first-order valence-electron chi connectivity index (χ1n) is 7.26. The summed E-state index contributed by atoms with van der Waals surface area (Å²) in [4.78, 5) is 0. The number of aromatic nitrogens is 2. The van der Waals surface area contributed by atoms with Crippen molar-refractivity contribution in [3.63, 3.8) is 0 Å². The molecule has 0 fully saturated rings. The largest absolute Gasteiger partial charge is 0.309 e. The molecule has 1 aromatic carbocycles. The summed E-state index contributed by atoms with van der Waals surface area (Å²) in [5.74, 6) is -0.213. The Labute approximate surface area is 133 Å². The molecule has 5 heteroatoms. The first kappa shape index (κ1) is 16.2. The lowest BCUT2D eigenvalue weighted by atomic mass is 10.0. The topological polar surface area (TPSA) is 29.9 Å². The highest BCUT2D eigenvalue weighted by molar-refractivity contribution is 9.10. The van der Waals surface area contributed by atoms with Gasteiger partial charge in [0.25, 0.3) is 0 Å². The molecule has 1 heterocycles. The normalized spacial score (nSPS) is 12.6. The minimum atomic E-state index is -0.213. The maximum atomic E-state index is 13.5. The smallest absolute Gasteiger partial charge is 0.124 e. The van der Waals surface area contributed by atoms with Crippen LogP contribution in [-0.2, 0) is 13.0 Å². The van der Waals surface area contributed by atoms with Crippen molar-refractivity contribution in [2.75, 3.05) is 6.54 Å². The van der Waals surface area contributed by atoms with Crippen LogP contribution in [0.2, 0.25) is 0 Å². The molecule has 3 nitrogen and oxygen atoms in total. The number of hydrogen-bond acceptors (Lipinski definition) is 2. The zero-order valence-electron chi connectivity index (χ0n) is 12.7. The van der Waals surface area contributed by atoms with Crippen LogP contribution in [0.15, 0.2) is 28.7 Å². The molecule has 0 saturated carbocycles. The van der Waals surface area contributed by atoms with Gasteiger partial charge in [-0.05, 0) is 56.6 Å². The lowest BCUT2D eigenvalue weighted by Gasteiger charge is -2.19. The third kappa shape index (κ3) is 4.14. The number of hydrogen-bond donors (Lipinski definition) is 1. The van der Waals surface area contributed by atoms with E-state index in [9.17, 15) is 4.39 Å². The number of halogens is 2. The molecule has 0 bridgehead atoms. The van der Waals surface area contributed by atoms with Crippen molar-refractivity contribution in [1.82, 2.24) is 15.1 Å². The van der Waals surface area contributed by atoms with E-state index in [0.717, 1.165) is 40.9 Å². The van der Waals surface area contributed by atoms with E-state index in [1.807, 2.05) is 17.7 Å². The summed E-state index contributed by atoms with van der Waals surface area (Å²) in [5.41, 5.74) is 3.13. The molecule has 114 valence electrons. The molecule has 1 N–H and O–H groups in total. The van der Waals surface area contributed by atoms with Crippen molar-refractivity contribution in [3.05, 3.63) is 51.5 Å². The van der Waals surface area contributed by atoms with Crippen LogP contribution < -0.4 is 5.32 Å². The molecule has 0 radical (unpaired) electrons. The fourth-order valence-corrected chi connectivity index (χ4v) is 3.10. The van der Waals surface area contributed by atoms with Gasteiger partial charge in [0.05, 0.1) is 17.4 Å². The van der Waals surface area contributed by atoms with Crippen LogP contribution in [0, 0.1) is 12.7 Å². The van der Waals surface area contributed by atoms with Gasteiger partial charge in [-0.15, -0.1) is 0 Å². The summed E-state index contributed by atoms with van der Waals surface area (Å²) < 4.78 is 16.3. The summed E-state index contributed by atoms with van der Waals surface area (Å²) in [6, 6.07) is 7.27. The Hall–Kier alpha value is -1.20. The lowest BCUT2D eigenvalue weighted by molar-refractivity contribution is 0.488. The van der Waals surface area contributed by atoms with Crippen LogP contribution in [0.25, 0.3) is 0 Å². The summed E-state index contributed by atoms with van der Waals surface area (Å²) in [6.07, 6.45) is 0.731. The SMILES string of the molecule is CCNC(Cc1cc(F)cc(Br)c1)c1cc(C)nn1CC. The molecule has 0 aliphatic heterocycles. The second-order valence-corrected chi connectivity index (χ2v) is 6.03. The standard InChI is InChI=1S/C16H21BrFN3/c1-4-19-15(16-6-11(3)20-21(16)5-2)9-12-7-13(17)10-14(18)8-12/h6-8,10,15,19H,4-5,9H2,1-3H3. The number of nitrogens with one attached hydrogen (secondary N) is 1. The van der Waals surface area contributed by atoms with Gasteiger partial charge in [0.15, 0.2) is 0 Å². The van der Waals surface area contributed by atoms with Crippen molar-refractivity contribution in [3.8, 4) is 0 Å². The molecule has 0 amide bonds. The Kier molecular flexibility index (Phi) is 5.53. The number of aryl methyl sites for hydroxylation is 2. The van der Waals surface area contributed by atoms with E-state index >= 15 is 0 Å². The number of likely N-dealkylation sites (N-methyl/N-ethyl adjacent to an activating group) is 1. The fourth-order valence-electron chi connectivity index (χ4n) is 2.59. The Morgan fingerprint density at radius 2 is 2.05 bits per heavy atom. The zero-order chi connectivity index (χ0) is 15.4. The van der Waals surface area contributed by atoms with Crippen LogP contribution in [0.4, 0.5) is 4.39 Å². The Bertz CT molecular complexity index is 589. The third-order valence-electron chi connectivity index (χ3n) is 3.40. The molecule has 2 aromatic rings. The number of benzene rings is 1. The average Bonchev–Trinajstić information content (AvgIpc) is 2.78. The molecule has 0 aliphatic rings. The average molecular weight is 354 g/mol. The highest BCUT2D eigenvalue weighted by Gasteiger charge is 2.17. The van der Waals surface area contributed by atoms with Crippen molar-refractivity contribution in [2.24, 2.45) is 0 Å². The maximum Gasteiger partial charge on any atom is 0.124 e. The first-order valence-corrected chi connectivity index (χ1v) is 8.05. The van der Waals surface area contributed by atoms with Crippen molar-refractivity contribution in [1.29, 1.82) is 0 Å². The van der Waals surface area contributed by atoms with Crippen LogP contribution in [0.3, 0.4) is 0 Å². The van der Waals surface area contributed by atoms with E-state index in [-0.39, 0.29) is 11.9 Å². The van der Waals surface area contributed by atoms with E-state index in [1.165, 1.54) is 6.07 Å². The van der Waals surface area contributed by atoms with Crippen LogP contribution in [0.1, 0.15) is 36.8 Å². The van der Waals surface area contributed by atoms with Gasteiger partial charge in [-0.3, -0.25) is 4.68 Å². The predicted molar refractivity (Wildman–Crippen MR) is 86.9 cm³/mol. The molecular weight excluding hydrogens is 333 g/mol. The number of rotatable bonds is 6. The Morgan fingerprint density at radius 1 is 1.29 bits per heavy atom. The second kappa shape index (κ2) is 7.18. The molecular formula is C16H21BrFN3. The summed E-state index contributed by atoms with van der Waals surface area (Å²) >= 11 is 3.35. The molecule has 0 spiro atoms. The molecule has 2 rings (SSSR count). The van der Waals surface area contributed by atoms with Gasteiger partial charge < -0.3 is 5.32 Å². The van der Waals surface area contributed by atoms with Gasteiger partial charge in [-0.1, -0.05) is 22.9 Å². The zero-order valence-corrected chi connectivity index (χ0v) is 14.2. The highest BCUT2D eigenvalue weighted by Crippen LogP contribution is 2.23. The highest BCUT2D eigenvalue weighted by atomic mass is 79.9. The molecule has 0 aliphatic carbocycles. The Balaban J connectivity index is 2.30. The third-order valence-corrected chi connectivity index (χ3v) is 3.86.